The Kier molecular flexibility index (Phi) is 4.60. The number of carbonyl (C=O) groups is 1. The van der Waals surface area contributed by atoms with Gasteiger partial charge in [0.15, 0.2) is 5.16 Å². The molecule has 0 aliphatic rings. The molecule has 0 aliphatic carbocycles. The lowest BCUT2D eigenvalue weighted by atomic mass is 10.3. The lowest BCUT2D eigenvalue weighted by Crippen LogP contribution is -2.30. The first kappa shape index (κ1) is 12.8. The standard InChI is InChI=1S/C9H17N5OS/c1-6(2)11-7(15)4-5-16-9-13-12-8(10)14(9)3/h6H,4-5H2,1-3H3,(H2,10,12)(H,11,15). The van der Waals surface area contributed by atoms with Crippen LogP contribution in [0.4, 0.5) is 5.95 Å². The van der Waals surface area contributed by atoms with Gasteiger partial charge in [-0.3, -0.25) is 9.36 Å². The molecule has 0 spiro atoms. The fourth-order valence-corrected chi connectivity index (χ4v) is 1.94. The van der Waals surface area contributed by atoms with Gasteiger partial charge >= 0.3 is 0 Å². The van der Waals surface area contributed by atoms with E-state index in [1.165, 1.54) is 11.8 Å². The summed E-state index contributed by atoms with van der Waals surface area (Å²) in [6, 6.07) is 0.183. The van der Waals surface area contributed by atoms with Gasteiger partial charge in [0.2, 0.25) is 11.9 Å². The van der Waals surface area contributed by atoms with Crippen LogP contribution in [0, 0.1) is 0 Å². The molecule has 6 nitrogen and oxygen atoms in total. The highest BCUT2D eigenvalue weighted by atomic mass is 32.2. The zero-order valence-electron chi connectivity index (χ0n) is 9.73. The number of thioether (sulfide) groups is 1. The first-order valence-corrected chi connectivity index (χ1v) is 6.06. The Hall–Kier alpha value is -1.24. The van der Waals surface area contributed by atoms with Crippen molar-refractivity contribution < 1.29 is 4.79 Å². The Bertz CT molecular complexity index is 363. The average molecular weight is 243 g/mol. The molecule has 90 valence electrons. The summed E-state index contributed by atoms with van der Waals surface area (Å²) in [7, 11) is 1.80. The SMILES string of the molecule is CC(C)NC(=O)CCSc1nnc(N)n1C. The maximum absolute atomic E-state index is 11.3. The monoisotopic (exact) mass is 243 g/mol. The first-order chi connectivity index (χ1) is 7.50. The smallest absolute Gasteiger partial charge is 0.222 e. The third-order valence-electron chi connectivity index (χ3n) is 1.88. The fraction of sp³-hybridized carbons (Fsp3) is 0.667. The highest BCUT2D eigenvalue weighted by molar-refractivity contribution is 7.99. The molecule has 1 aromatic rings. The highest BCUT2D eigenvalue weighted by Gasteiger charge is 2.08. The van der Waals surface area contributed by atoms with Gasteiger partial charge in [-0.1, -0.05) is 11.8 Å². The van der Waals surface area contributed by atoms with Crippen LogP contribution < -0.4 is 11.1 Å². The highest BCUT2D eigenvalue weighted by Crippen LogP contribution is 2.16. The number of aromatic nitrogens is 3. The minimum Gasteiger partial charge on any atom is -0.368 e. The van der Waals surface area contributed by atoms with Crippen LogP contribution in [0.1, 0.15) is 20.3 Å². The molecule has 0 atom stereocenters. The second kappa shape index (κ2) is 5.74. The van der Waals surface area contributed by atoms with Gasteiger partial charge in [-0.2, -0.15) is 0 Å². The molecular weight excluding hydrogens is 226 g/mol. The van der Waals surface area contributed by atoms with E-state index in [1.807, 2.05) is 13.8 Å². The molecule has 0 aromatic carbocycles. The molecule has 7 heteroatoms. The number of carbonyl (C=O) groups excluding carboxylic acids is 1. The van der Waals surface area contributed by atoms with Gasteiger partial charge in [-0.15, -0.1) is 10.2 Å². The van der Waals surface area contributed by atoms with Crippen LogP contribution in [0.2, 0.25) is 0 Å². The number of nitrogen functional groups attached to an aromatic ring is 1. The van der Waals surface area contributed by atoms with Crippen molar-refractivity contribution in [3.63, 3.8) is 0 Å². The lowest BCUT2D eigenvalue weighted by molar-refractivity contribution is -0.121. The summed E-state index contributed by atoms with van der Waals surface area (Å²) in [6.07, 6.45) is 0.468. The quantitative estimate of drug-likeness (QED) is 0.731. The third kappa shape index (κ3) is 3.73. The number of nitrogens with one attached hydrogen (secondary N) is 1. The summed E-state index contributed by atoms with van der Waals surface area (Å²) in [5, 5.41) is 11.2. The minimum atomic E-state index is 0.0534. The van der Waals surface area contributed by atoms with Crippen LogP contribution in [-0.2, 0) is 11.8 Å². The Morgan fingerprint density at radius 1 is 1.56 bits per heavy atom. The van der Waals surface area contributed by atoms with Crippen LogP contribution >= 0.6 is 11.8 Å². The molecule has 0 bridgehead atoms. The van der Waals surface area contributed by atoms with Crippen molar-refractivity contribution in [2.45, 2.75) is 31.5 Å². The van der Waals surface area contributed by atoms with E-state index in [1.54, 1.807) is 11.6 Å². The lowest BCUT2D eigenvalue weighted by Gasteiger charge is -2.07. The molecule has 16 heavy (non-hydrogen) atoms. The van der Waals surface area contributed by atoms with E-state index >= 15 is 0 Å². The van der Waals surface area contributed by atoms with Crippen LogP contribution in [0.3, 0.4) is 0 Å². The average Bonchev–Trinajstić information content (AvgIpc) is 2.48. The predicted molar refractivity (Wildman–Crippen MR) is 64.0 cm³/mol. The minimum absolute atomic E-state index is 0.0534. The number of nitrogens with zero attached hydrogens (tertiary/aromatic N) is 3. The van der Waals surface area contributed by atoms with E-state index in [9.17, 15) is 4.79 Å². The van der Waals surface area contributed by atoms with E-state index in [-0.39, 0.29) is 11.9 Å². The molecule has 1 aromatic heterocycles. The van der Waals surface area contributed by atoms with E-state index in [0.29, 0.717) is 18.1 Å². The molecule has 0 aliphatic heterocycles. The third-order valence-corrected chi connectivity index (χ3v) is 2.90. The van der Waals surface area contributed by atoms with Crippen LogP contribution in [0.5, 0.6) is 0 Å². The van der Waals surface area contributed by atoms with Crippen LogP contribution in [0.25, 0.3) is 0 Å². The fourth-order valence-electron chi connectivity index (χ4n) is 1.08. The van der Waals surface area contributed by atoms with Crippen molar-refractivity contribution >= 4 is 23.6 Å². The molecular formula is C9H17N5OS. The number of nitrogens with two attached hydrogens (primary N) is 1. The maximum Gasteiger partial charge on any atom is 0.222 e. The Morgan fingerprint density at radius 3 is 2.75 bits per heavy atom. The molecule has 0 fully saturated rings. The summed E-state index contributed by atoms with van der Waals surface area (Å²) in [5.74, 6) is 1.11. The molecule has 3 N–H and O–H groups in total. The molecule has 0 saturated carbocycles. The van der Waals surface area contributed by atoms with Crippen molar-refractivity contribution in [1.29, 1.82) is 0 Å². The Labute approximate surface area is 99.0 Å². The largest absolute Gasteiger partial charge is 0.368 e. The van der Waals surface area contributed by atoms with Gasteiger partial charge in [0.1, 0.15) is 0 Å². The normalized spacial score (nSPS) is 10.8. The summed E-state index contributed by atoms with van der Waals surface area (Å²) in [4.78, 5) is 11.3. The maximum atomic E-state index is 11.3. The summed E-state index contributed by atoms with van der Waals surface area (Å²) < 4.78 is 1.70. The van der Waals surface area contributed by atoms with E-state index < -0.39 is 0 Å². The number of hydrogen-bond acceptors (Lipinski definition) is 5. The number of hydrogen-bond donors (Lipinski definition) is 2. The molecule has 0 unspecified atom stereocenters. The zero-order chi connectivity index (χ0) is 12.1. The van der Waals surface area contributed by atoms with Gasteiger partial charge in [-0.25, -0.2) is 0 Å². The van der Waals surface area contributed by atoms with Gasteiger partial charge in [0.25, 0.3) is 0 Å². The Balaban J connectivity index is 2.31. The predicted octanol–water partition coefficient (Wildman–Crippen LogP) is 0.404. The van der Waals surface area contributed by atoms with E-state index in [2.05, 4.69) is 15.5 Å². The second-order valence-corrected chi connectivity index (χ2v) is 4.78. The van der Waals surface area contributed by atoms with Crippen LogP contribution in [0.15, 0.2) is 5.16 Å². The van der Waals surface area contributed by atoms with Crippen molar-refractivity contribution in [2.75, 3.05) is 11.5 Å². The van der Waals surface area contributed by atoms with Gasteiger partial charge in [0.05, 0.1) is 0 Å². The van der Waals surface area contributed by atoms with Crippen molar-refractivity contribution in [2.24, 2.45) is 7.05 Å². The van der Waals surface area contributed by atoms with Crippen molar-refractivity contribution in [3.8, 4) is 0 Å². The van der Waals surface area contributed by atoms with E-state index in [4.69, 9.17) is 5.73 Å². The number of amides is 1. The molecule has 0 saturated heterocycles. The van der Waals surface area contributed by atoms with Gasteiger partial charge in [0, 0.05) is 25.3 Å². The summed E-state index contributed by atoms with van der Waals surface area (Å²) in [6.45, 7) is 3.88. The molecule has 0 radical (unpaired) electrons. The second-order valence-electron chi connectivity index (χ2n) is 3.72. The van der Waals surface area contributed by atoms with E-state index in [0.717, 1.165) is 5.16 Å². The van der Waals surface area contributed by atoms with Crippen molar-refractivity contribution in [1.82, 2.24) is 20.1 Å². The van der Waals surface area contributed by atoms with Crippen molar-refractivity contribution in [3.05, 3.63) is 0 Å². The topological polar surface area (TPSA) is 85.8 Å². The molecule has 1 amide bonds. The first-order valence-electron chi connectivity index (χ1n) is 5.07. The summed E-state index contributed by atoms with van der Waals surface area (Å²) in [5.41, 5.74) is 5.53. The number of rotatable bonds is 5. The summed E-state index contributed by atoms with van der Waals surface area (Å²) >= 11 is 1.47. The molecule has 1 heterocycles. The van der Waals surface area contributed by atoms with Gasteiger partial charge < -0.3 is 11.1 Å². The van der Waals surface area contributed by atoms with Crippen LogP contribution in [-0.4, -0.2) is 32.5 Å². The van der Waals surface area contributed by atoms with Gasteiger partial charge in [-0.05, 0) is 13.8 Å². The Morgan fingerprint density at radius 2 is 2.25 bits per heavy atom. The molecule has 1 rings (SSSR count). The number of anilines is 1. The zero-order valence-corrected chi connectivity index (χ0v) is 10.5.